The molecule has 0 unspecified atom stereocenters. The van der Waals surface area contributed by atoms with Crippen molar-refractivity contribution in [2.24, 2.45) is 0 Å². The van der Waals surface area contributed by atoms with E-state index in [0.717, 1.165) is 21.4 Å². The van der Waals surface area contributed by atoms with Gasteiger partial charge in [-0.05, 0) is 29.8 Å². The maximum atomic E-state index is 6.01. The third-order valence-corrected chi connectivity index (χ3v) is 4.45. The Morgan fingerprint density at radius 2 is 1.65 bits per heavy atom. The summed E-state index contributed by atoms with van der Waals surface area (Å²) in [7, 11) is 0. The van der Waals surface area contributed by atoms with Gasteiger partial charge >= 0.3 is 0 Å². The monoisotopic (exact) mass is 296 g/mol. The molecule has 4 heteroatoms. The molecule has 0 amide bonds. The standard InChI is InChI=1S/C16H9ClN2S/c17-11-6-7-12-13(8-11)19-16-14(18-12)9-15(20-16)10-4-2-1-3-5-10/h1-9H. The lowest BCUT2D eigenvalue weighted by atomic mass is 10.2. The Kier molecular flexibility index (Phi) is 2.69. The van der Waals surface area contributed by atoms with E-state index in [4.69, 9.17) is 11.6 Å². The minimum atomic E-state index is 0.686. The van der Waals surface area contributed by atoms with Crippen molar-refractivity contribution >= 4 is 44.3 Å². The second-order valence-corrected chi connectivity index (χ2v) is 5.99. The quantitative estimate of drug-likeness (QED) is 0.484. The molecule has 0 saturated heterocycles. The largest absolute Gasteiger partial charge is 0.244 e. The molecule has 0 atom stereocenters. The normalized spacial score (nSPS) is 11.2. The van der Waals surface area contributed by atoms with Crippen molar-refractivity contribution in [3.8, 4) is 10.4 Å². The molecule has 2 heterocycles. The van der Waals surface area contributed by atoms with Crippen LogP contribution in [0.25, 0.3) is 31.8 Å². The molecule has 4 aromatic rings. The summed E-state index contributed by atoms with van der Waals surface area (Å²) in [6.45, 7) is 0. The first-order chi connectivity index (χ1) is 9.79. The average Bonchev–Trinajstić information content (AvgIpc) is 2.88. The molecule has 2 nitrogen and oxygen atoms in total. The van der Waals surface area contributed by atoms with Gasteiger partial charge in [0.15, 0.2) is 0 Å². The smallest absolute Gasteiger partial charge is 0.143 e. The number of halogens is 1. The molecular formula is C16H9ClN2S. The molecule has 0 aliphatic heterocycles. The Bertz CT molecular complexity index is 916. The summed E-state index contributed by atoms with van der Waals surface area (Å²) in [6.07, 6.45) is 0. The number of fused-ring (bicyclic) bond motifs is 2. The average molecular weight is 297 g/mol. The van der Waals surface area contributed by atoms with Gasteiger partial charge in [-0.15, -0.1) is 11.3 Å². The Balaban J connectivity index is 1.97. The predicted octanol–water partition coefficient (Wildman–Crippen LogP) is 5.16. The number of benzene rings is 2. The van der Waals surface area contributed by atoms with Crippen LogP contribution in [0.2, 0.25) is 5.02 Å². The van der Waals surface area contributed by atoms with E-state index in [2.05, 4.69) is 28.2 Å². The lowest BCUT2D eigenvalue weighted by molar-refractivity contribution is 1.42. The molecule has 2 aromatic carbocycles. The van der Waals surface area contributed by atoms with Crippen molar-refractivity contribution in [2.45, 2.75) is 0 Å². The van der Waals surface area contributed by atoms with Gasteiger partial charge in [-0.2, -0.15) is 0 Å². The maximum absolute atomic E-state index is 6.01. The van der Waals surface area contributed by atoms with Crippen LogP contribution in [0.1, 0.15) is 0 Å². The lowest BCUT2D eigenvalue weighted by Gasteiger charge is -1.96. The summed E-state index contributed by atoms with van der Waals surface area (Å²) in [5.74, 6) is 0. The molecule has 20 heavy (non-hydrogen) atoms. The first-order valence-corrected chi connectivity index (χ1v) is 7.41. The van der Waals surface area contributed by atoms with Crippen LogP contribution in [0.3, 0.4) is 0 Å². The van der Waals surface area contributed by atoms with Crippen LogP contribution in [0, 0.1) is 0 Å². The van der Waals surface area contributed by atoms with Crippen molar-refractivity contribution in [2.75, 3.05) is 0 Å². The van der Waals surface area contributed by atoms with Crippen LogP contribution < -0.4 is 0 Å². The summed E-state index contributed by atoms with van der Waals surface area (Å²) < 4.78 is 0. The third kappa shape index (κ3) is 1.96. The SMILES string of the molecule is Clc1ccc2nc3cc(-c4ccccc4)sc3nc2c1. The number of hydrogen-bond acceptors (Lipinski definition) is 3. The molecule has 0 saturated carbocycles. The van der Waals surface area contributed by atoms with Gasteiger partial charge in [0.1, 0.15) is 10.3 Å². The first-order valence-electron chi connectivity index (χ1n) is 6.22. The first kappa shape index (κ1) is 11.8. The van der Waals surface area contributed by atoms with Gasteiger partial charge in [0.05, 0.1) is 11.0 Å². The van der Waals surface area contributed by atoms with E-state index < -0.39 is 0 Å². The van der Waals surface area contributed by atoms with Gasteiger partial charge in [-0.1, -0.05) is 41.9 Å². The Morgan fingerprint density at radius 1 is 0.800 bits per heavy atom. The fraction of sp³-hybridized carbons (Fsp3) is 0. The lowest BCUT2D eigenvalue weighted by Crippen LogP contribution is -1.83. The third-order valence-electron chi connectivity index (χ3n) is 3.15. The Morgan fingerprint density at radius 3 is 2.50 bits per heavy atom. The summed E-state index contributed by atoms with van der Waals surface area (Å²) in [6, 6.07) is 18.0. The molecule has 2 aromatic heterocycles. The maximum Gasteiger partial charge on any atom is 0.143 e. The van der Waals surface area contributed by atoms with Crippen LogP contribution in [0.15, 0.2) is 54.6 Å². The van der Waals surface area contributed by atoms with Crippen molar-refractivity contribution in [1.82, 2.24) is 9.97 Å². The minimum Gasteiger partial charge on any atom is -0.244 e. The molecule has 0 spiro atoms. The van der Waals surface area contributed by atoms with Crippen LogP contribution in [0.5, 0.6) is 0 Å². The molecule has 0 aliphatic carbocycles. The van der Waals surface area contributed by atoms with Crippen LogP contribution in [-0.2, 0) is 0 Å². The highest BCUT2D eigenvalue weighted by Crippen LogP contribution is 2.32. The number of nitrogens with zero attached hydrogens (tertiary/aromatic N) is 2. The highest BCUT2D eigenvalue weighted by molar-refractivity contribution is 7.21. The molecule has 0 aliphatic rings. The Labute approximate surface area is 124 Å². The van der Waals surface area contributed by atoms with Gasteiger partial charge in [0, 0.05) is 9.90 Å². The van der Waals surface area contributed by atoms with Gasteiger partial charge < -0.3 is 0 Å². The van der Waals surface area contributed by atoms with Gasteiger partial charge in [-0.3, -0.25) is 0 Å². The van der Waals surface area contributed by atoms with E-state index in [0.29, 0.717) is 5.02 Å². The van der Waals surface area contributed by atoms with Crippen molar-refractivity contribution < 1.29 is 0 Å². The minimum absolute atomic E-state index is 0.686. The molecule has 0 bridgehead atoms. The van der Waals surface area contributed by atoms with Crippen molar-refractivity contribution in [3.63, 3.8) is 0 Å². The molecular weight excluding hydrogens is 288 g/mol. The second-order valence-electron chi connectivity index (χ2n) is 4.52. The second kappa shape index (κ2) is 4.54. The van der Waals surface area contributed by atoms with E-state index >= 15 is 0 Å². The number of rotatable bonds is 1. The highest BCUT2D eigenvalue weighted by atomic mass is 35.5. The molecule has 4 rings (SSSR count). The van der Waals surface area contributed by atoms with E-state index in [1.165, 1.54) is 10.4 Å². The molecule has 0 radical (unpaired) electrons. The van der Waals surface area contributed by atoms with E-state index in [9.17, 15) is 0 Å². The topological polar surface area (TPSA) is 25.8 Å². The highest BCUT2D eigenvalue weighted by Gasteiger charge is 2.08. The number of hydrogen-bond donors (Lipinski definition) is 0. The zero-order valence-electron chi connectivity index (χ0n) is 10.4. The van der Waals surface area contributed by atoms with E-state index in [-0.39, 0.29) is 0 Å². The van der Waals surface area contributed by atoms with E-state index in [1.807, 2.05) is 36.4 Å². The fourth-order valence-corrected chi connectivity index (χ4v) is 3.35. The van der Waals surface area contributed by atoms with Gasteiger partial charge in [0.25, 0.3) is 0 Å². The fourth-order valence-electron chi connectivity index (χ4n) is 2.20. The van der Waals surface area contributed by atoms with Crippen LogP contribution in [-0.4, -0.2) is 9.97 Å². The molecule has 0 N–H and O–H groups in total. The van der Waals surface area contributed by atoms with Crippen molar-refractivity contribution in [3.05, 3.63) is 59.6 Å². The van der Waals surface area contributed by atoms with Gasteiger partial charge in [-0.25, -0.2) is 9.97 Å². The summed E-state index contributed by atoms with van der Waals surface area (Å²) in [5.41, 5.74) is 3.84. The zero-order valence-corrected chi connectivity index (χ0v) is 11.9. The van der Waals surface area contributed by atoms with Gasteiger partial charge in [0.2, 0.25) is 0 Å². The van der Waals surface area contributed by atoms with Crippen LogP contribution in [0.4, 0.5) is 0 Å². The van der Waals surface area contributed by atoms with Crippen LogP contribution >= 0.6 is 22.9 Å². The summed E-state index contributed by atoms with van der Waals surface area (Å²) >= 11 is 7.66. The van der Waals surface area contributed by atoms with E-state index in [1.54, 1.807) is 11.3 Å². The molecule has 96 valence electrons. The zero-order chi connectivity index (χ0) is 13.5. The number of aromatic nitrogens is 2. The summed E-state index contributed by atoms with van der Waals surface area (Å²) in [4.78, 5) is 11.4. The predicted molar refractivity (Wildman–Crippen MR) is 85.4 cm³/mol. The molecule has 0 fully saturated rings. The number of thiophene rings is 1. The van der Waals surface area contributed by atoms with Crippen molar-refractivity contribution in [1.29, 1.82) is 0 Å². The Hall–Kier alpha value is -1.97. The summed E-state index contributed by atoms with van der Waals surface area (Å²) in [5, 5.41) is 0.686.